The number of primary sulfonamides is 1. The van der Waals surface area contributed by atoms with Gasteiger partial charge in [-0.3, -0.25) is 0 Å². The van der Waals surface area contributed by atoms with Crippen LogP contribution >= 0.6 is 11.8 Å². The summed E-state index contributed by atoms with van der Waals surface area (Å²) in [5.74, 6) is -0.0982. The van der Waals surface area contributed by atoms with E-state index in [-0.39, 0.29) is 11.5 Å². The number of imidazole rings is 1. The molecule has 0 fully saturated rings. The third-order valence-corrected chi connectivity index (χ3v) is 6.89. The highest BCUT2D eigenvalue weighted by atomic mass is 32.2. The molecular weight excluding hydrogens is 462 g/mol. The second kappa shape index (κ2) is 9.68. The lowest BCUT2D eigenvalue weighted by atomic mass is 10.0. The molecule has 0 saturated heterocycles. The Hall–Kier alpha value is -2.66. The molecular formula is C23H27N3O5S2. The number of rotatable bonds is 8. The molecule has 0 saturated carbocycles. The van der Waals surface area contributed by atoms with Crippen LogP contribution in [-0.4, -0.2) is 41.9 Å². The van der Waals surface area contributed by atoms with Crippen LogP contribution in [0.4, 0.5) is 0 Å². The Morgan fingerprint density at radius 2 is 1.85 bits per heavy atom. The van der Waals surface area contributed by atoms with E-state index in [2.05, 4.69) is 4.98 Å². The molecule has 1 unspecified atom stereocenters. The van der Waals surface area contributed by atoms with Gasteiger partial charge < -0.3 is 14.4 Å². The second-order valence-electron chi connectivity index (χ2n) is 7.63. The minimum atomic E-state index is -3.87. The molecule has 0 aliphatic carbocycles. The monoisotopic (exact) mass is 489 g/mol. The predicted octanol–water partition coefficient (Wildman–Crippen LogP) is 3.05. The Morgan fingerprint density at radius 3 is 2.42 bits per heavy atom. The molecule has 3 N–H and O–H groups in total. The molecule has 0 bridgehead atoms. The van der Waals surface area contributed by atoms with Gasteiger partial charge in [-0.2, -0.15) is 0 Å². The van der Waals surface area contributed by atoms with E-state index in [1.54, 1.807) is 36.6 Å². The van der Waals surface area contributed by atoms with E-state index >= 15 is 0 Å². The van der Waals surface area contributed by atoms with Gasteiger partial charge in [0.25, 0.3) is 0 Å². The van der Waals surface area contributed by atoms with Crippen molar-refractivity contribution in [2.24, 2.45) is 5.14 Å². The van der Waals surface area contributed by atoms with Crippen molar-refractivity contribution in [3.63, 3.8) is 0 Å². The zero-order chi connectivity index (χ0) is 24.4. The summed E-state index contributed by atoms with van der Waals surface area (Å²) >= 11 is 1.34. The zero-order valence-corrected chi connectivity index (χ0v) is 20.5. The highest BCUT2D eigenvalue weighted by molar-refractivity contribution is 7.98. The zero-order valence-electron chi connectivity index (χ0n) is 18.9. The number of thioether (sulfide) groups is 1. The first-order chi connectivity index (χ1) is 15.5. The number of benzene rings is 2. The van der Waals surface area contributed by atoms with E-state index < -0.39 is 21.6 Å². The molecule has 0 amide bonds. The van der Waals surface area contributed by atoms with Gasteiger partial charge in [0.2, 0.25) is 15.6 Å². The van der Waals surface area contributed by atoms with Crippen LogP contribution in [0.15, 0.2) is 58.5 Å². The van der Waals surface area contributed by atoms with Gasteiger partial charge in [-0.05, 0) is 44.2 Å². The summed E-state index contributed by atoms with van der Waals surface area (Å²) in [5.41, 5.74) is 0.593. The van der Waals surface area contributed by atoms with Crippen molar-refractivity contribution in [2.75, 3.05) is 12.9 Å². The summed E-state index contributed by atoms with van der Waals surface area (Å²) in [4.78, 5) is 17.1. The molecule has 8 nitrogen and oxygen atoms in total. The van der Waals surface area contributed by atoms with Gasteiger partial charge in [0.15, 0.2) is 0 Å². The third-order valence-electron chi connectivity index (χ3n) is 5.25. The van der Waals surface area contributed by atoms with Gasteiger partial charge in [-0.1, -0.05) is 42.5 Å². The number of sulfonamides is 1. The number of carbonyl (C=O) groups is 1. The van der Waals surface area contributed by atoms with Crippen molar-refractivity contribution in [3.8, 4) is 11.1 Å². The summed E-state index contributed by atoms with van der Waals surface area (Å²) in [7, 11) is -3.87. The summed E-state index contributed by atoms with van der Waals surface area (Å²) in [6.45, 7) is 5.40. The Morgan fingerprint density at radius 1 is 1.21 bits per heavy atom. The average molecular weight is 490 g/mol. The van der Waals surface area contributed by atoms with Gasteiger partial charge >= 0.3 is 5.97 Å². The van der Waals surface area contributed by atoms with Crippen LogP contribution in [-0.2, 0) is 31.7 Å². The van der Waals surface area contributed by atoms with Crippen LogP contribution in [0.1, 0.15) is 30.9 Å². The molecule has 1 atom stereocenters. The molecule has 10 heteroatoms. The number of nitrogens with zero attached hydrogens (tertiary/aromatic N) is 2. The SMILES string of the molecule is CCOC(=O)C(C)(O)c1c(SC)nc(C)n1Cc1ccc(-c2ccccc2S(N)(=O)=O)cc1. The number of ether oxygens (including phenoxy) is 1. The maximum atomic E-state index is 12.5. The van der Waals surface area contributed by atoms with Gasteiger partial charge in [-0.25, -0.2) is 23.3 Å². The first kappa shape index (κ1) is 25.0. The van der Waals surface area contributed by atoms with E-state index in [9.17, 15) is 18.3 Å². The van der Waals surface area contributed by atoms with E-state index in [0.717, 1.165) is 5.56 Å². The quantitative estimate of drug-likeness (QED) is 0.368. The molecule has 3 rings (SSSR count). The fraction of sp³-hybridized carbons (Fsp3) is 0.304. The smallest absolute Gasteiger partial charge is 0.344 e. The van der Waals surface area contributed by atoms with E-state index in [1.165, 1.54) is 24.8 Å². The number of carbonyl (C=O) groups excluding carboxylic acids is 1. The van der Waals surface area contributed by atoms with Crippen molar-refractivity contribution in [1.82, 2.24) is 9.55 Å². The second-order valence-corrected chi connectivity index (χ2v) is 9.96. The summed E-state index contributed by atoms with van der Waals surface area (Å²) in [6, 6.07) is 13.9. The topological polar surface area (TPSA) is 125 Å². The normalized spacial score (nSPS) is 13.5. The lowest BCUT2D eigenvalue weighted by Crippen LogP contribution is -2.37. The molecule has 2 aromatic carbocycles. The fourth-order valence-corrected chi connectivity index (χ4v) is 5.12. The number of aliphatic hydroxyl groups is 1. The highest BCUT2D eigenvalue weighted by Crippen LogP contribution is 2.33. The number of aryl methyl sites for hydroxylation is 1. The molecule has 1 heterocycles. The van der Waals surface area contributed by atoms with Crippen molar-refractivity contribution < 1.29 is 23.1 Å². The molecule has 176 valence electrons. The van der Waals surface area contributed by atoms with Gasteiger partial charge in [0.1, 0.15) is 10.9 Å². The van der Waals surface area contributed by atoms with E-state index in [4.69, 9.17) is 9.88 Å². The summed E-state index contributed by atoms with van der Waals surface area (Å²) < 4.78 is 30.7. The van der Waals surface area contributed by atoms with Gasteiger partial charge in [0.05, 0.1) is 17.2 Å². The molecule has 0 aliphatic heterocycles. The number of hydrogen-bond acceptors (Lipinski definition) is 7. The Kier molecular flexibility index (Phi) is 7.32. The molecule has 33 heavy (non-hydrogen) atoms. The lowest BCUT2D eigenvalue weighted by Gasteiger charge is -2.24. The fourth-order valence-electron chi connectivity index (χ4n) is 3.64. The van der Waals surface area contributed by atoms with Crippen molar-refractivity contribution in [1.29, 1.82) is 0 Å². The van der Waals surface area contributed by atoms with E-state index in [1.807, 2.05) is 30.5 Å². The maximum Gasteiger partial charge on any atom is 0.344 e. The van der Waals surface area contributed by atoms with Crippen LogP contribution < -0.4 is 5.14 Å². The van der Waals surface area contributed by atoms with Gasteiger partial charge in [-0.15, -0.1) is 11.8 Å². The maximum absolute atomic E-state index is 12.5. The largest absolute Gasteiger partial charge is 0.464 e. The molecule has 1 aromatic heterocycles. The van der Waals surface area contributed by atoms with Crippen LogP contribution in [0.3, 0.4) is 0 Å². The Bertz CT molecular complexity index is 1270. The minimum absolute atomic E-state index is 0.0561. The van der Waals surface area contributed by atoms with E-state index in [0.29, 0.717) is 34.2 Å². The summed E-state index contributed by atoms with van der Waals surface area (Å²) in [6.07, 6.45) is 1.83. The van der Waals surface area contributed by atoms with Crippen molar-refractivity contribution in [3.05, 3.63) is 65.6 Å². The molecule has 0 aliphatic rings. The van der Waals surface area contributed by atoms with Crippen molar-refractivity contribution >= 4 is 27.8 Å². The standard InChI is InChI=1S/C23H27N3O5S2/c1-5-31-22(27)23(3,28)20-21(32-4)25-15(2)26(20)14-16-10-12-17(13-11-16)18-8-6-7-9-19(18)33(24,29)30/h6-13,28H,5,14H2,1-4H3,(H2,24,29,30). The molecule has 0 radical (unpaired) electrons. The average Bonchev–Trinajstić information content (AvgIpc) is 3.09. The highest BCUT2D eigenvalue weighted by Gasteiger charge is 2.40. The summed E-state index contributed by atoms with van der Waals surface area (Å²) in [5, 5.41) is 17.0. The molecule has 3 aromatic rings. The molecule has 0 spiro atoms. The van der Waals surface area contributed by atoms with Crippen LogP contribution in [0.25, 0.3) is 11.1 Å². The first-order valence-electron chi connectivity index (χ1n) is 10.2. The van der Waals surface area contributed by atoms with Crippen LogP contribution in [0, 0.1) is 6.92 Å². The number of nitrogens with two attached hydrogens (primary N) is 1. The Balaban J connectivity index is 2.00. The minimum Gasteiger partial charge on any atom is -0.464 e. The Labute approximate surface area is 197 Å². The number of esters is 1. The third kappa shape index (κ3) is 5.14. The first-order valence-corrected chi connectivity index (χ1v) is 13.0. The van der Waals surface area contributed by atoms with Crippen molar-refractivity contribution in [2.45, 2.75) is 42.8 Å². The van der Waals surface area contributed by atoms with Crippen LogP contribution in [0.2, 0.25) is 0 Å². The lowest BCUT2D eigenvalue weighted by molar-refractivity contribution is -0.165. The number of hydrogen-bond donors (Lipinski definition) is 2. The van der Waals surface area contributed by atoms with Gasteiger partial charge in [0, 0.05) is 12.1 Å². The predicted molar refractivity (Wildman–Crippen MR) is 127 cm³/mol. The van der Waals surface area contributed by atoms with Crippen LogP contribution in [0.5, 0.6) is 0 Å². The number of aromatic nitrogens is 2.